The fraction of sp³-hybridized carbons (Fsp3) is 0.200. The van der Waals surface area contributed by atoms with Crippen molar-refractivity contribution in [1.29, 1.82) is 0 Å². The minimum absolute atomic E-state index is 0.666. The lowest BCUT2D eigenvalue weighted by molar-refractivity contribution is 0.673. The predicted octanol–water partition coefficient (Wildman–Crippen LogP) is 5.38. The molecule has 0 aliphatic heterocycles. The van der Waals surface area contributed by atoms with E-state index >= 15 is 0 Å². The highest BCUT2D eigenvalue weighted by atomic mass is 15.2. The SMILES string of the molecule is CCCN(Cc1nc2ccccc2n1Cc1nc2ccccc2[nH]1)c1ccccc1. The van der Waals surface area contributed by atoms with Crippen molar-refractivity contribution >= 4 is 27.8 Å². The van der Waals surface area contributed by atoms with Crippen LogP contribution >= 0.6 is 0 Å². The van der Waals surface area contributed by atoms with Gasteiger partial charge < -0.3 is 14.5 Å². The number of imidazole rings is 2. The van der Waals surface area contributed by atoms with Crippen molar-refractivity contribution in [2.75, 3.05) is 11.4 Å². The molecule has 5 heteroatoms. The van der Waals surface area contributed by atoms with Crippen LogP contribution in [0.4, 0.5) is 5.69 Å². The average molecular weight is 396 g/mol. The van der Waals surface area contributed by atoms with Gasteiger partial charge in [-0.15, -0.1) is 0 Å². The largest absolute Gasteiger partial charge is 0.364 e. The monoisotopic (exact) mass is 395 g/mol. The lowest BCUT2D eigenvalue weighted by Gasteiger charge is -2.24. The van der Waals surface area contributed by atoms with Crippen LogP contribution in [0.15, 0.2) is 78.9 Å². The molecule has 1 N–H and O–H groups in total. The van der Waals surface area contributed by atoms with Gasteiger partial charge in [-0.05, 0) is 42.8 Å². The number of aromatic nitrogens is 4. The zero-order valence-electron chi connectivity index (χ0n) is 17.1. The number of nitrogens with zero attached hydrogens (tertiary/aromatic N) is 4. The number of anilines is 1. The summed E-state index contributed by atoms with van der Waals surface area (Å²) in [5, 5.41) is 0. The Labute approximate surface area is 176 Å². The summed E-state index contributed by atoms with van der Waals surface area (Å²) in [6, 6.07) is 27.1. The number of H-pyrrole nitrogens is 1. The first-order chi connectivity index (χ1) is 14.8. The second-order valence-electron chi connectivity index (χ2n) is 7.56. The molecule has 2 heterocycles. The maximum Gasteiger partial charge on any atom is 0.129 e. The Kier molecular flexibility index (Phi) is 4.93. The number of hydrogen-bond donors (Lipinski definition) is 1. The van der Waals surface area contributed by atoms with Crippen molar-refractivity contribution in [3.05, 3.63) is 90.5 Å². The summed E-state index contributed by atoms with van der Waals surface area (Å²) < 4.78 is 2.29. The third kappa shape index (κ3) is 3.54. The van der Waals surface area contributed by atoms with Crippen molar-refractivity contribution in [2.24, 2.45) is 0 Å². The molecule has 0 saturated heterocycles. The van der Waals surface area contributed by atoms with E-state index in [4.69, 9.17) is 9.97 Å². The van der Waals surface area contributed by atoms with Crippen LogP contribution in [-0.2, 0) is 13.1 Å². The van der Waals surface area contributed by atoms with Crippen molar-refractivity contribution < 1.29 is 0 Å². The quantitative estimate of drug-likeness (QED) is 0.403. The number of benzene rings is 3. The van der Waals surface area contributed by atoms with Gasteiger partial charge in [0.2, 0.25) is 0 Å². The normalized spacial score (nSPS) is 11.4. The van der Waals surface area contributed by atoms with Gasteiger partial charge in [0.15, 0.2) is 0 Å². The number of fused-ring (bicyclic) bond motifs is 2. The molecule has 0 fully saturated rings. The molecule has 0 bridgehead atoms. The van der Waals surface area contributed by atoms with Crippen molar-refractivity contribution in [1.82, 2.24) is 19.5 Å². The molecule has 5 aromatic rings. The Balaban J connectivity index is 1.54. The van der Waals surface area contributed by atoms with Crippen LogP contribution in [0, 0.1) is 0 Å². The van der Waals surface area contributed by atoms with E-state index in [1.807, 2.05) is 24.3 Å². The minimum Gasteiger partial charge on any atom is -0.364 e. The highest BCUT2D eigenvalue weighted by molar-refractivity contribution is 5.77. The fourth-order valence-corrected chi connectivity index (χ4v) is 4.03. The fourth-order valence-electron chi connectivity index (χ4n) is 4.03. The van der Waals surface area contributed by atoms with E-state index in [1.165, 1.54) is 5.69 Å². The number of aromatic amines is 1. The Hall–Kier alpha value is -3.60. The van der Waals surface area contributed by atoms with Gasteiger partial charge in [-0.3, -0.25) is 0 Å². The first kappa shape index (κ1) is 18.4. The summed E-state index contributed by atoms with van der Waals surface area (Å²) in [6.07, 6.45) is 1.08. The van der Waals surface area contributed by atoms with Crippen LogP contribution in [0.3, 0.4) is 0 Å². The molecule has 0 saturated carbocycles. The molecule has 0 aliphatic rings. The average Bonchev–Trinajstić information content (AvgIpc) is 3.35. The Morgan fingerprint density at radius 3 is 2.37 bits per heavy atom. The first-order valence-electron chi connectivity index (χ1n) is 10.5. The van der Waals surface area contributed by atoms with E-state index in [9.17, 15) is 0 Å². The van der Waals surface area contributed by atoms with Crippen molar-refractivity contribution in [2.45, 2.75) is 26.4 Å². The maximum atomic E-state index is 4.99. The van der Waals surface area contributed by atoms with Crippen LogP contribution < -0.4 is 4.90 Å². The molecule has 0 spiro atoms. The van der Waals surface area contributed by atoms with Gasteiger partial charge in [0.25, 0.3) is 0 Å². The van der Waals surface area contributed by atoms with Gasteiger partial charge in [0, 0.05) is 12.2 Å². The number of hydrogen-bond acceptors (Lipinski definition) is 3. The molecule has 0 aliphatic carbocycles. The van der Waals surface area contributed by atoms with Gasteiger partial charge in [-0.25, -0.2) is 9.97 Å². The molecule has 0 unspecified atom stereocenters. The first-order valence-corrected chi connectivity index (χ1v) is 10.5. The molecule has 0 atom stereocenters. The smallest absolute Gasteiger partial charge is 0.129 e. The van der Waals surface area contributed by atoms with Crippen molar-refractivity contribution in [3.8, 4) is 0 Å². The molecule has 5 rings (SSSR count). The summed E-state index contributed by atoms with van der Waals surface area (Å²) in [7, 11) is 0. The lowest BCUT2D eigenvalue weighted by Crippen LogP contribution is -2.25. The number of rotatable bonds is 7. The second kappa shape index (κ2) is 8.03. The van der Waals surface area contributed by atoms with Crippen LogP contribution in [0.1, 0.15) is 25.0 Å². The molecule has 150 valence electrons. The van der Waals surface area contributed by atoms with E-state index in [0.717, 1.165) is 53.2 Å². The van der Waals surface area contributed by atoms with Gasteiger partial charge in [0.05, 0.1) is 35.2 Å². The van der Waals surface area contributed by atoms with Crippen LogP contribution in [0.5, 0.6) is 0 Å². The second-order valence-corrected chi connectivity index (χ2v) is 7.56. The molecule has 0 amide bonds. The summed E-state index contributed by atoms with van der Waals surface area (Å²) in [5.41, 5.74) is 5.44. The number of para-hydroxylation sites is 5. The standard InChI is InChI=1S/C25H25N5/c1-2-16-29(19-10-4-3-5-11-19)18-25-28-22-14-8-9-15-23(22)30(25)17-24-26-20-12-6-7-13-21(20)27-24/h3-15H,2,16-18H2,1H3,(H,26,27). The molecular formula is C25H25N5. The molecule has 0 radical (unpaired) electrons. The molecule has 3 aromatic carbocycles. The third-order valence-electron chi connectivity index (χ3n) is 5.43. The van der Waals surface area contributed by atoms with Crippen molar-refractivity contribution in [3.63, 3.8) is 0 Å². The van der Waals surface area contributed by atoms with Crippen LogP contribution in [0.2, 0.25) is 0 Å². The van der Waals surface area contributed by atoms with Crippen LogP contribution in [-0.4, -0.2) is 26.1 Å². The van der Waals surface area contributed by atoms with E-state index in [2.05, 4.69) is 76.0 Å². The Bertz CT molecular complexity index is 1240. The van der Waals surface area contributed by atoms with E-state index < -0.39 is 0 Å². The Morgan fingerprint density at radius 2 is 1.57 bits per heavy atom. The molecule has 5 nitrogen and oxygen atoms in total. The van der Waals surface area contributed by atoms with Gasteiger partial charge >= 0.3 is 0 Å². The van der Waals surface area contributed by atoms with Gasteiger partial charge in [-0.2, -0.15) is 0 Å². The van der Waals surface area contributed by atoms with Crippen LogP contribution in [0.25, 0.3) is 22.1 Å². The highest BCUT2D eigenvalue weighted by Gasteiger charge is 2.16. The molecule has 30 heavy (non-hydrogen) atoms. The summed E-state index contributed by atoms with van der Waals surface area (Å²) in [6.45, 7) is 4.62. The maximum absolute atomic E-state index is 4.99. The minimum atomic E-state index is 0.666. The summed E-state index contributed by atoms with van der Waals surface area (Å²) in [5.74, 6) is 2.00. The van der Waals surface area contributed by atoms with Gasteiger partial charge in [0.1, 0.15) is 11.6 Å². The topological polar surface area (TPSA) is 49.7 Å². The lowest BCUT2D eigenvalue weighted by atomic mass is 10.2. The van der Waals surface area contributed by atoms with Gasteiger partial charge in [-0.1, -0.05) is 49.4 Å². The summed E-state index contributed by atoms with van der Waals surface area (Å²) in [4.78, 5) is 15.6. The van der Waals surface area contributed by atoms with E-state index in [-0.39, 0.29) is 0 Å². The Morgan fingerprint density at radius 1 is 0.833 bits per heavy atom. The number of nitrogens with one attached hydrogen (secondary N) is 1. The zero-order valence-corrected chi connectivity index (χ0v) is 17.1. The third-order valence-corrected chi connectivity index (χ3v) is 5.43. The zero-order chi connectivity index (χ0) is 20.3. The molecule has 2 aromatic heterocycles. The molecular weight excluding hydrogens is 370 g/mol. The predicted molar refractivity (Wildman–Crippen MR) is 123 cm³/mol. The van der Waals surface area contributed by atoms with E-state index in [0.29, 0.717) is 6.54 Å². The highest BCUT2D eigenvalue weighted by Crippen LogP contribution is 2.22. The summed E-state index contributed by atoms with van der Waals surface area (Å²) >= 11 is 0. The van der Waals surface area contributed by atoms with E-state index in [1.54, 1.807) is 0 Å².